The van der Waals surface area contributed by atoms with Gasteiger partial charge >= 0.3 is 0 Å². The lowest BCUT2D eigenvalue weighted by Gasteiger charge is -2.29. The zero-order valence-electron chi connectivity index (χ0n) is 31.3. The van der Waals surface area contributed by atoms with Crippen LogP contribution in [-0.4, -0.2) is 104 Å². The van der Waals surface area contributed by atoms with Crippen LogP contribution in [0.4, 0.5) is 0 Å². The molecule has 0 unspecified atom stereocenters. The van der Waals surface area contributed by atoms with Crippen molar-refractivity contribution in [3.63, 3.8) is 0 Å². The molecule has 52 heavy (non-hydrogen) atoms. The van der Waals surface area contributed by atoms with Crippen molar-refractivity contribution in [2.75, 3.05) is 39.5 Å². The van der Waals surface area contributed by atoms with E-state index in [1.54, 1.807) is 6.92 Å². The number of amides is 4. The second kappa shape index (κ2) is 19.6. The molecule has 12 nitrogen and oxygen atoms in total. The fraction of sp³-hybridized carbons (Fsp3) is 0.575. The maximum atomic E-state index is 14.1. The Labute approximate surface area is 308 Å². The topological polar surface area (TPSA) is 158 Å². The molecule has 2 aromatic carbocycles. The molecule has 2 aromatic rings. The number of rotatable bonds is 20. The van der Waals surface area contributed by atoms with Crippen LogP contribution in [0.1, 0.15) is 65.0 Å². The van der Waals surface area contributed by atoms with Gasteiger partial charge in [-0.25, -0.2) is 0 Å². The van der Waals surface area contributed by atoms with Gasteiger partial charge in [0.1, 0.15) is 23.7 Å². The zero-order valence-corrected chi connectivity index (χ0v) is 31.3. The average molecular weight is 720 g/mol. The van der Waals surface area contributed by atoms with Gasteiger partial charge in [0.15, 0.2) is 5.78 Å². The van der Waals surface area contributed by atoms with Gasteiger partial charge in [0.25, 0.3) is 0 Å². The zero-order chi connectivity index (χ0) is 37.7. The summed E-state index contributed by atoms with van der Waals surface area (Å²) in [5, 5.41) is 11.7. The number of nitrogens with zero attached hydrogens (tertiary/aromatic N) is 1. The van der Waals surface area contributed by atoms with Crippen LogP contribution in [0.3, 0.4) is 0 Å². The number of epoxide rings is 1. The van der Waals surface area contributed by atoms with Gasteiger partial charge in [-0.15, -0.1) is 0 Å². The van der Waals surface area contributed by atoms with Crippen molar-refractivity contribution in [1.82, 2.24) is 26.2 Å². The van der Waals surface area contributed by atoms with E-state index in [9.17, 15) is 24.0 Å². The summed E-state index contributed by atoms with van der Waals surface area (Å²) in [7, 11) is 0. The van der Waals surface area contributed by atoms with Crippen molar-refractivity contribution < 1.29 is 33.4 Å². The highest BCUT2D eigenvalue weighted by molar-refractivity contribution is 5.98. The van der Waals surface area contributed by atoms with E-state index in [0.29, 0.717) is 58.6 Å². The van der Waals surface area contributed by atoms with Crippen LogP contribution < -0.4 is 21.3 Å². The monoisotopic (exact) mass is 719 g/mol. The second-order valence-corrected chi connectivity index (χ2v) is 15.0. The van der Waals surface area contributed by atoms with Crippen LogP contribution in [0.25, 0.3) is 0 Å². The molecule has 4 rings (SSSR count). The molecule has 12 heteroatoms. The van der Waals surface area contributed by atoms with Crippen molar-refractivity contribution in [2.24, 2.45) is 11.8 Å². The Bertz CT molecular complexity index is 1480. The standard InChI is InChI=1S/C40H57N5O7/c1-27(2)22-32(36(47)40(5)26-52-40)42-39(50)34(24-30-14-10-7-11-15-30)44-38(49)33(23-28(3)4)43-37(48)31(17-16-29-12-8-6-9-13-29)41-35(46)25-45-18-20-51-21-19-45/h6-15,27-28,31-34H,16-26H2,1-5H3,(H,41,46)(H,42,50)(H,43,48)(H,44,49)/t31-,32+,33-,34+,40-/m1/s1. The number of carbonyl (C=O) groups excluding carboxylic acids is 5. The summed E-state index contributed by atoms with van der Waals surface area (Å²) in [5.74, 6) is -1.83. The first-order valence-corrected chi connectivity index (χ1v) is 18.6. The molecule has 284 valence electrons. The summed E-state index contributed by atoms with van der Waals surface area (Å²) in [5.41, 5.74) is 0.915. The molecule has 2 fully saturated rings. The van der Waals surface area contributed by atoms with Gasteiger partial charge in [-0.2, -0.15) is 0 Å². The molecule has 2 heterocycles. The summed E-state index contributed by atoms with van der Waals surface area (Å²) < 4.78 is 10.8. The van der Waals surface area contributed by atoms with Gasteiger partial charge in [-0.05, 0) is 55.6 Å². The van der Waals surface area contributed by atoms with Crippen LogP contribution in [0.15, 0.2) is 60.7 Å². The first-order chi connectivity index (χ1) is 24.8. The number of nitrogens with one attached hydrogen (secondary N) is 4. The minimum absolute atomic E-state index is 0.0171. The van der Waals surface area contributed by atoms with E-state index >= 15 is 0 Å². The maximum Gasteiger partial charge on any atom is 0.243 e. The van der Waals surface area contributed by atoms with Crippen LogP contribution in [0, 0.1) is 11.8 Å². The summed E-state index contributed by atoms with van der Waals surface area (Å²) in [4.78, 5) is 70.5. The summed E-state index contributed by atoms with van der Waals surface area (Å²) in [6, 6.07) is 15.3. The number of benzene rings is 2. The minimum atomic E-state index is -1.03. The lowest BCUT2D eigenvalue weighted by molar-refractivity contribution is -0.135. The van der Waals surface area contributed by atoms with E-state index in [0.717, 1.165) is 11.1 Å². The van der Waals surface area contributed by atoms with E-state index in [4.69, 9.17) is 9.47 Å². The molecule has 0 aliphatic carbocycles. The fourth-order valence-corrected chi connectivity index (χ4v) is 6.33. The number of ether oxygens (including phenoxy) is 2. The first kappa shape index (κ1) is 40.6. The van der Waals surface area contributed by atoms with Crippen LogP contribution in [0.2, 0.25) is 0 Å². The molecule has 2 aliphatic heterocycles. The molecule has 2 aliphatic rings. The number of aryl methyl sites for hydroxylation is 1. The molecular weight excluding hydrogens is 662 g/mol. The van der Waals surface area contributed by atoms with Crippen LogP contribution >= 0.6 is 0 Å². The highest BCUT2D eigenvalue weighted by Gasteiger charge is 2.50. The molecule has 5 atom stereocenters. The Kier molecular flexibility index (Phi) is 15.3. The minimum Gasteiger partial charge on any atom is -0.379 e. The summed E-state index contributed by atoms with van der Waals surface area (Å²) in [6.07, 6.45) is 1.76. The van der Waals surface area contributed by atoms with Gasteiger partial charge < -0.3 is 30.7 Å². The second-order valence-electron chi connectivity index (χ2n) is 15.0. The number of Topliss-reactive ketones (excluding diaryl/α,β-unsaturated/α-hetero) is 1. The molecule has 4 N–H and O–H groups in total. The number of morpholine rings is 1. The van der Waals surface area contributed by atoms with Crippen molar-refractivity contribution in [2.45, 2.75) is 96.5 Å². The third-order valence-corrected chi connectivity index (χ3v) is 9.38. The Balaban J connectivity index is 1.51. The molecule has 0 radical (unpaired) electrons. The third-order valence-electron chi connectivity index (χ3n) is 9.38. The smallest absolute Gasteiger partial charge is 0.243 e. The fourth-order valence-electron chi connectivity index (χ4n) is 6.33. The van der Waals surface area contributed by atoms with Crippen molar-refractivity contribution in [3.05, 3.63) is 71.8 Å². The van der Waals surface area contributed by atoms with Gasteiger partial charge in [0, 0.05) is 19.5 Å². The van der Waals surface area contributed by atoms with Crippen LogP contribution in [0.5, 0.6) is 0 Å². The number of ketones is 1. The summed E-state index contributed by atoms with van der Waals surface area (Å²) >= 11 is 0. The molecule has 0 spiro atoms. The van der Waals surface area contributed by atoms with E-state index in [1.807, 2.05) is 93.3 Å². The van der Waals surface area contributed by atoms with E-state index in [-0.39, 0.29) is 36.5 Å². The van der Waals surface area contributed by atoms with Crippen molar-refractivity contribution >= 4 is 29.4 Å². The Hall–Kier alpha value is -4.13. The molecule has 0 saturated carbocycles. The Morgan fingerprint density at radius 2 is 1.19 bits per heavy atom. The van der Waals surface area contributed by atoms with Gasteiger partial charge in [0.05, 0.1) is 32.4 Å². The normalized spacial score (nSPS) is 19.6. The first-order valence-electron chi connectivity index (χ1n) is 18.6. The van der Waals surface area contributed by atoms with E-state index < -0.39 is 47.5 Å². The van der Waals surface area contributed by atoms with E-state index in [1.165, 1.54) is 0 Å². The van der Waals surface area contributed by atoms with Gasteiger partial charge in [0.2, 0.25) is 23.6 Å². The quantitative estimate of drug-likeness (QED) is 0.152. The van der Waals surface area contributed by atoms with Gasteiger partial charge in [-0.1, -0.05) is 88.4 Å². The lowest BCUT2D eigenvalue weighted by atomic mass is 9.93. The Morgan fingerprint density at radius 1 is 0.692 bits per heavy atom. The Morgan fingerprint density at radius 3 is 1.77 bits per heavy atom. The average Bonchev–Trinajstić information content (AvgIpc) is 3.87. The molecule has 0 bridgehead atoms. The maximum absolute atomic E-state index is 14.1. The number of carbonyl (C=O) groups is 5. The summed E-state index contributed by atoms with van der Waals surface area (Å²) in [6.45, 7) is 12.3. The number of hydrogen-bond donors (Lipinski definition) is 4. The molecule has 0 aromatic heterocycles. The molecule has 4 amide bonds. The molecular formula is C40H57N5O7. The van der Waals surface area contributed by atoms with E-state index in [2.05, 4.69) is 21.3 Å². The lowest BCUT2D eigenvalue weighted by Crippen LogP contribution is -2.59. The SMILES string of the molecule is CC(C)C[C@H](NC(=O)[C@H](Cc1ccccc1)NC(=O)[C@@H](CC(C)C)NC(=O)[C@@H](CCc1ccccc1)NC(=O)CN1CCOCC1)C(=O)[C@@]1(C)CO1. The largest absolute Gasteiger partial charge is 0.379 e. The highest BCUT2D eigenvalue weighted by atomic mass is 16.6. The molecule has 2 saturated heterocycles. The number of hydrogen-bond acceptors (Lipinski definition) is 8. The van der Waals surface area contributed by atoms with Crippen molar-refractivity contribution in [1.29, 1.82) is 0 Å². The van der Waals surface area contributed by atoms with Crippen molar-refractivity contribution in [3.8, 4) is 0 Å². The van der Waals surface area contributed by atoms with Crippen LogP contribution in [-0.2, 0) is 46.3 Å². The van der Waals surface area contributed by atoms with Gasteiger partial charge in [-0.3, -0.25) is 28.9 Å². The predicted octanol–water partition coefficient (Wildman–Crippen LogP) is 2.58. The highest BCUT2D eigenvalue weighted by Crippen LogP contribution is 2.29. The third kappa shape index (κ3) is 13.1. The predicted molar refractivity (Wildman–Crippen MR) is 198 cm³/mol.